The quantitative estimate of drug-likeness (QED) is 0.847. The van der Waals surface area contributed by atoms with E-state index in [1.54, 1.807) is 6.07 Å². The summed E-state index contributed by atoms with van der Waals surface area (Å²) in [5.41, 5.74) is 2.05. The molecule has 0 amide bonds. The molecule has 0 aromatic heterocycles. The molecule has 21 heavy (non-hydrogen) atoms. The van der Waals surface area contributed by atoms with Crippen molar-refractivity contribution in [3.05, 3.63) is 59.4 Å². The minimum absolute atomic E-state index is 0.255. The van der Waals surface area contributed by atoms with E-state index in [2.05, 4.69) is 12.2 Å². The standard InChI is InChI=1S/C18H20FNO/c1-2-14-5-3-4-6-18(14)21-17-10-13(9-15(19)11-17)12-20-16-7-8-16/h3-6,9-11,16,20H,2,7-8,12H2,1H3. The van der Waals surface area contributed by atoms with Crippen LogP contribution in [0, 0.1) is 5.82 Å². The van der Waals surface area contributed by atoms with Gasteiger partial charge in [0.05, 0.1) is 0 Å². The highest BCUT2D eigenvalue weighted by Crippen LogP contribution is 2.27. The molecular formula is C18H20FNO. The van der Waals surface area contributed by atoms with Gasteiger partial charge in [-0.2, -0.15) is 0 Å². The largest absolute Gasteiger partial charge is 0.457 e. The topological polar surface area (TPSA) is 21.3 Å². The summed E-state index contributed by atoms with van der Waals surface area (Å²) >= 11 is 0. The van der Waals surface area contributed by atoms with Crippen LogP contribution >= 0.6 is 0 Å². The Morgan fingerprint density at radius 2 is 2.00 bits per heavy atom. The van der Waals surface area contributed by atoms with Crippen LogP contribution in [0.5, 0.6) is 11.5 Å². The van der Waals surface area contributed by atoms with Crippen LogP contribution in [0.15, 0.2) is 42.5 Å². The zero-order valence-electron chi connectivity index (χ0n) is 12.2. The van der Waals surface area contributed by atoms with Crippen LogP contribution in [0.25, 0.3) is 0 Å². The first-order valence-electron chi connectivity index (χ1n) is 7.53. The van der Waals surface area contributed by atoms with Gasteiger partial charge in [0.15, 0.2) is 0 Å². The Morgan fingerprint density at radius 1 is 1.19 bits per heavy atom. The summed E-state index contributed by atoms with van der Waals surface area (Å²) in [4.78, 5) is 0. The molecule has 0 unspecified atom stereocenters. The van der Waals surface area contributed by atoms with Crippen LogP contribution < -0.4 is 10.1 Å². The molecule has 0 bridgehead atoms. The third kappa shape index (κ3) is 3.82. The van der Waals surface area contributed by atoms with Gasteiger partial charge < -0.3 is 10.1 Å². The second-order valence-electron chi connectivity index (χ2n) is 5.51. The minimum atomic E-state index is -0.255. The lowest BCUT2D eigenvalue weighted by Gasteiger charge is -2.11. The van der Waals surface area contributed by atoms with Crippen molar-refractivity contribution in [1.82, 2.24) is 5.32 Å². The maximum absolute atomic E-state index is 13.7. The van der Waals surface area contributed by atoms with Gasteiger partial charge in [0.25, 0.3) is 0 Å². The number of ether oxygens (including phenoxy) is 1. The molecule has 2 aromatic rings. The lowest BCUT2D eigenvalue weighted by molar-refractivity contribution is 0.469. The van der Waals surface area contributed by atoms with E-state index in [0.29, 0.717) is 18.3 Å². The summed E-state index contributed by atoms with van der Waals surface area (Å²) in [5.74, 6) is 1.10. The summed E-state index contributed by atoms with van der Waals surface area (Å²) in [6.07, 6.45) is 3.34. The Kier molecular flexibility index (Phi) is 4.20. The predicted molar refractivity (Wildman–Crippen MR) is 82.2 cm³/mol. The third-order valence-corrected chi connectivity index (χ3v) is 3.68. The highest BCUT2D eigenvalue weighted by molar-refractivity contribution is 5.39. The molecule has 0 heterocycles. The van der Waals surface area contributed by atoms with Crippen molar-refractivity contribution in [2.75, 3.05) is 0 Å². The fourth-order valence-electron chi connectivity index (χ4n) is 2.35. The van der Waals surface area contributed by atoms with Crippen molar-refractivity contribution in [2.24, 2.45) is 0 Å². The van der Waals surface area contributed by atoms with Crippen molar-refractivity contribution in [3.63, 3.8) is 0 Å². The van der Waals surface area contributed by atoms with Crippen LogP contribution in [0.4, 0.5) is 4.39 Å². The van der Waals surface area contributed by atoms with Gasteiger partial charge >= 0.3 is 0 Å². The number of rotatable bonds is 6. The number of hydrogen-bond donors (Lipinski definition) is 1. The maximum Gasteiger partial charge on any atom is 0.130 e. The Morgan fingerprint density at radius 3 is 2.76 bits per heavy atom. The molecule has 0 aliphatic heterocycles. The van der Waals surface area contributed by atoms with Crippen LogP contribution in [0.1, 0.15) is 30.9 Å². The molecule has 0 spiro atoms. The highest BCUT2D eigenvalue weighted by atomic mass is 19.1. The molecule has 1 N–H and O–H groups in total. The van der Waals surface area contributed by atoms with Crippen molar-refractivity contribution >= 4 is 0 Å². The molecule has 110 valence electrons. The van der Waals surface area contributed by atoms with Gasteiger partial charge in [-0.15, -0.1) is 0 Å². The first-order chi connectivity index (χ1) is 10.2. The molecule has 3 heteroatoms. The summed E-state index contributed by atoms with van der Waals surface area (Å²) in [6, 6.07) is 13.4. The summed E-state index contributed by atoms with van der Waals surface area (Å²) in [5, 5.41) is 3.39. The van der Waals surface area contributed by atoms with E-state index in [-0.39, 0.29) is 5.82 Å². The fourth-order valence-corrected chi connectivity index (χ4v) is 2.35. The van der Waals surface area contributed by atoms with E-state index in [0.717, 1.165) is 23.3 Å². The molecule has 1 aliphatic rings. The van der Waals surface area contributed by atoms with E-state index in [4.69, 9.17) is 4.74 Å². The lowest BCUT2D eigenvalue weighted by atomic mass is 10.1. The number of halogens is 1. The van der Waals surface area contributed by atoms with Gasteiger partial charge in [0, 0.05) is 18.7 Å². The third-order valence-electron chi connectivity index (χ3n) is 3.68. The van der Waals surface area contributed by atoms with E-state index >= 15 is 0 Å². The van der Waals surface area contributed by atoms with Gasteiger partial charge in [-0.05, 0) is 48.6 Å². The zero-order chi connectivity index (χ0) is 14.7. The normalized spacial score (nSPS) is 14.2. The van der Waals surface area contributed by atoms with Gasteiger partial charge in [-0.3, -0.25) is 0 Å². The SMILES string of the molecule is CCc1ccccc1Oc1cc(F)cc(CNC2CC2)c1. The lowest BCUT2D eigenvalue weighted by Crippen LogP contribution is -2.15. The van der Waals surface area contributed by atoms with Crippen LogP contribution in [0.2, 0.25) is 0 Å². The van der Waals surface area contributed by atoms with E-state index in [1.807, 2.05) is 30.3 Å². The van der Waals surface area contributed by atoms with Crippen molar-refractivity contribution in [2.45, 2.75) is 38.8 Å². The number of aryl methyl sites for hydroxylation is 1. The number of nitrogens with one attached hydrogen (secondary N) is 1. The molecule has 2 aromatic carbocycles. The first-order valence-corrected chi connectivity index (χ1v) is 7.53. The van der Waals surface area contributed by atoms with Crippen LogP contribution in [-0.4, -0.2) is 6.04 Å². The monoisotopic (exact) mass is 285 g/mol. The minimum Gasteiger partial charge on any atom is -0.457 e. The van der Waals surface area contributed by atoms with Crippen LogP contribution in [-0.2, 0) is 13.0 Å². The van der Waals surface area contributed by atoms with Gasteiger partial charge in [-0.25, -0.2) is 4.39 Å². The van der Waals surface area contributed by atoms with E-state index in [9.17, 15) is 4.39 Å². The van der Waals surface area contributed by atoms with Crippen molar-refractivity contribution in [1.29, 1.82) is 0 Å². The smallest absolute Gasteiger partial charge is 0.130 e. The van der Waals surface area contributed by atoms with Gasteiger partial charge in [0.1, 0.15) is 17.3 Å². The molecule has 1 fully saturated rings. The molecule has 0 radical (unpaired) electrons. The second-order valence-corrected chi connectivity index (χ2v) is 5.51. The fraction of sp³-hybridized carbons (Fsp3) is 0.333. The molecule has 2 nitrogen and oxygen atoms in total. The molecule has 1 saturated carbocycles. The average Bonchev–Trinajstić information content (AvgIpc) is 3.29. The Hall–Kier alpha value is -1.87. The van der Waals surface area contributed by atoms with Gasteiger partial charge in [-0.1, -0.05) is 25.1 Å². The Balaban J connectivity index is 1.77. The molecule has 1 aliphatic carbocycles. The summed E-state index contributed by atoms with van der Waals surface area (Å²) in [6.45, 7) is 2.77. The first kappa shape index (κ1) is 14.1. The van der Waals surface area contributed by atoms with Crippen LogP contribution in [0.3, 0.4) is 0 Å². The Bertz CT molecular complexity index is 622. The Labute approximate surface area is 125 Å². The summed E-state index contributed by atoms with van der Waals surface area (Å²) in [7, 11) is 0. The van der Waals surface area contributed by atoms with E-state index in [1.165, 1.54) is 18.9 Å². The summed E-state index contributed by atoms with van der Waals surface area (Å²) < 4.78 is 19.6. The molecule has 0 atom stereocenters. The van der Waals surface area contributed by atoms with Gasteiger partial charge in [0.2, 0.25) is 0 Å². The molecular weight excluding hydrogens is 265 g/mol. The number of benzene rings is 2. The zero-order valence-corrected chi connectivity index (χ0v) is 12.2. The number of hydrogen-bond acceptors (Lipinski definition) is 2. The highest BCUT2D eigenvalue weighted by Gasteiger charge is 2.20. The van der Waals surface area contributed by atoms with Crippen molar-refractivity contribution < 1.29 is 9.13 Å². The predicted octanol–water partition coefficient (Wildman–Crippen LogP) is 4.43. The van der Waals surface area contributed by atoms with E-state index < -0.39 is 0 Å². The molecule has 3 rings (SSSR count). The average molecular weight is 285 g/mol. The molecule has 0 saturated heterocycles. The maximum atomic E-state index is 13.7. The second kappa shape index (κ2) is 6.27. The number of para-hydroxylation sites is 1. The van der Waals surface area contributed by atoms with Crippen molar-refractivity contribution in [3.8, 4) is 11.5 Å².